The number of amides is 14. The first kappa shape index (κ1) is 91.0. The summed E-state index contributed by atoms with van der Waals surface area (Å²) < 4.78 is 10.8. The third kappa shape index (κ3) is 31.4. The van der Waals surface area contributed by atoms with Crippen LogP contribution in [-0.4, -0.2) is 243 Å². The minimum absolute atomic E-state index is 0.175. The molecule has 1 fully saturated rings. The second-order valence-electron chi connectivity index (χ2n) is 25.4. The number of benzene rings is 3. The van der Waals surface area contributed by atoms with Gasteiger partial charge in [0.05, 0.1) is 57.8 Å². The minimum Gasteiger partial charge on any atom is -0.481 e. The standard InChI is InChI=1S/C68H89N17O27/c1-31(20-51(91)92)55-66(108)83-45(22-47(87)37-12-7-8-13-38(37)70)67(109)112-33(3)56(85-63(105)44(26-54(97)98)82-62(104)41(23-48(72)88)80-58(100)39(71)21-34-15-17-36(69)18-16-34)65(107)75-28-49(89)77-40(14-9-19-73-68(110)111-30-35-10-5-4-6-11-35)60(102)81-43(25-53(95)96)61(103)76-32(2)57(99)79-42(24-52(93)94)59(101)74-27-50(90)78-46(29-86)64(106)84-55/h4-8,10-13,15-18,31-33,39-46,55-56,86H,9,14,19-30,69-71H2,1-3H3,(H2,72,88)(H,73,110)(H,74,101)(H,75,107)(H,76,103)(H,77,89)(H,78,90)(H,79,99)(H,80,100)(H,81,102)(H,82,104)(H,83,108)(H,84,106)(H,85,105)(H,91,92)(H,93,94)(H,95,96)(H,97,98)/t31-,32-,33-,39+,40+,41-,42+,43+,44+,45+,46-,55+,56+/m1/s1. The van der Waals surface area contributed by atoms with Crippen molar-refractivity contribution in [1.29, 1.82) is 0 Å². The van der Waals surface area contributed by atoms with E-state index in [-0.39, 0.29) is 37.2 Å². The molecule has 13 atom stereocenters. The van der Waals surface area contributed by atoms with E-state index in [2.05, 4.69) is 47.9 Å². The van der Waals surface area contributed by atoms with Crippen molar-refractivity contribution in [2.75, 3.05) is 37.7 Å². The fourth-order valence-corrected chi connectivity index (χ4v) is 10.5. The molecule has 1 saturated heterocycles. The van der Waals surface area contributed by atoms with Crippen molar-refractivity contribution in [2.24, 2.45) is 17.4 Å². The van der Waals surface area contributed by atoms with Crippen LogP contribution >= 0.6 is 0 Å². The maximum absolute atomic E-state index is 14.8. The summed E-state index contributed by atoms with van der Waals surface area (Å²) >= 11 is 0. The number of carbonyl (C=O) groups is 20. The van der Waals surface area contributed by atoms with Crippen molar-refractivity contribution < 1.29 is 131 Å². The molecule has 0 radical (unpaired) electrons. The number of nitrogens with one attached hydrogen (secondary N) is 13. The highest BCUT2D eigenvalue weighted by molar-refractivity contribution is 6.05. The molecule has 0 bridgehead atoms. The van der Waals surface area contributed by atoms with Gasteiger partial charge in [0, 0.05) is 29.9 Å². The van der Waals surface area contributed by atoms with Crippen molar-refractivity contribution in [3.05, 3.63) is 95.6 Å². The number of hydrogen-bond donors (Lipinski definition) is 22. The number of aliphatic hydroxyl groups excluding tert-OH is 1. The van der Waals surface area contributed by atoms with Gasteiger partial charge in [0.15, 0.2) is 5.78 Å². The topological polar surface area (TPSA) is 721 Å². The van der Waals surface area contributed by atoms with Gasteiger partial charge in [-0.15, -0.1) is 0 Å². The van der Waals surface area contributed by atoms with Crippen LogP contribution in [0, 0.1) is 5.92 Å². The highest BCUT2D eigenvalue weighted by Crippen LogP contribution is 2.18. The number of ketones is 1. The summed E-state index contributed by atoms with van der Waals surface area (Å²) in [6.45, 7) is -1.43. The quantitative estimate of drug-likeness (QED) is 0.0133. The number of carboxylic acids is 4. The van der Waals surface area contributed by atoms with Gasteiger partial charge in [-0.2, -0.15) is 0 Å². The molecule has 3 aromatic rings. The lowest BCUT2D eigenvalue weighted by Crippen LogP contribution is -2.61. The largest absolute Gasteiger partial charge is 0.481 e. The van der Waals surface area contributed by atoms with Crippen molar-refractivity contribution in [3.63, 3.8) is 0 Å². The van der Waals surface area contributed by atoms with Crippen molar-refractivity contribution >= 4 is 130 Å². The smallest absolute Gasteiger partial charge is 0.407 e. The highest BCUT2D eigenvalue weighted by atomic mass is 16.6. The molecule has 3 aromatic carbocycles. The van der Waals surface area contributed by atoms with Gasteiger partial charge in [0.2, 0.25) is 76.8 Å². The van der Waals surface area contributed by atoms with Gasteiger partial charge in [-0.1, -0.05) is 61.5 Å². The summed E-state index contributed by atoms with van der Waals surface area (Å²) in [5.74, 6) is -29.6. The lowest BCUT2D eigenvalue weighted by molar-refractivity contribution is -0.156. The van der Waals surface area contributed by atoms with E-state index in [1.807, 2.05) is 21.3 Å². The second-order valence-corrected chi connectivity index (χ2v) is 25.4. The van der Waals surface area contributed by atoms with Crippen molar-refractivity contribution in [2.45, 2.75) is 158 Å². The normalized spacial score (nSPS) is 21.3. The number of primary amides is 1. The van der Waals surface area contributed by atoms with Gasteiger partial charge >= 0.3 is 35.9 Å². The van der Waals surface area contributed by atoms with Crippen LogP contribution in [-0.2, 0) is 109 Å². The highest BCUT2D eigenvalue weighted by Gasteiger charge is 2.41. The number of para-hydroxylation sites is 1. The van der Waals surface area contributed by atoms with Crippen LogP contribution in [0.1, 0.15) is 93.6 Å². The molecule has 1 aliphatic heterocycles. The first-order valence-electron chi connectivity index (χ1n) is 34.2. The Balaban J connectivity index is 1.90. The number of nitrogens with two attached hydrogens (primary N) is 4. The van der Waals surface area contributed by atoms with Crippen LogP contribution in [0.5, 0.6) is 0 Å². The number of hydrogen-bond acceptors (Lipinski definition) is 26. The molecule has 4 rings (SSSR count). The minimum atomic E-state index is -2.47. The number of anilines is 2. The van der Waals surface area contributed by atoms with E-state index in [0.717, 1.165) is 20.8 Å². The number of rotatable bonds is 29. The van der Waals surface area contributed by atoms with E-state index in [0.29, 0.717) is 16.8 Å². The van der Waals surface area contributed by atoms with Crippen LogP contribution in [0.3, 0.4) is 0 Å². The summed E-state index contributed by atoms with van der Waals surface area (Å²) in [5.41, 5.74) is 24.3. The SMILES string of the molecule is C[C@H](CC(=O)O)[C@@H]1NC(=O)[C@@H](CO)NC(=O)CNC(=O)[C@H](CC(=O)O)NC(=O)[C@@H](C)NC(=O)[C@H](CC(=O)O)NC(=O)[C@H](CCCNC(=O)OCc2ccccc2)NC(=O)CNC(=O)[C@@H](NC(=O)[C@H](CC(=O)O)NC(=O)[C@@H](CC(N)=O)NC(=O)[C@@H](N)Cc2ccc(N)cc2)[C@@H](C)OC(=O)[C@H](CC(=O)c2ccccc2N)NC1=O. The van der Waals surface area contributed by atoms with Gasteiger partial charge < -0.3 is 127 Å². The predicted molar refractivity (Wildman–Crippen MR) is 382 cm³/mol. The van der Waals surface area contributed by atoms with E-state index in [1.54, 1.807) is 30.3 Å². The molecule has 26 N–H and O–H groups in total. The molecule has 44 nitrogen and oxygen atoms in total. The number of nitrogen functional groups attached to an aromatic ring is 2. The van der Waals surface area contributed by atoms with E-state index in [4.69, 9.17) is 32.4 Å². The molecule has 1 aliphatic rings. The predicted octanol–water partition coefficient (Wildman–Crippen LogP) is -7.85. The van der Waals surface area contributed by atoms with E-state index in [9.17, 15) is 121 Å². The maximum atomic E-state index is 14.8. The number of Topliss-reactive ketones (excluding diaryl/α,β-unsaturated/α-hetero) is 1. The molecule has 14 amide bonds. The monoisotopic (exact) mass is 1580 g/mol. The third-order valence-corrected chi connectivity index (χ3v) is 16.3. The van der Waals surface area contributed by atoms with Gasteiger partial charge in [-0.25, -0.2) is 9.59 Å². The second kappa shape index (κ2) is 44.8. The fourth-order valence-electron chi connectivity index (χ4n) is 10.5. The van der Waals surface area contributed by atoms with Gasteiger partial charge in [-0.3, -0.25) is 86.3 Å². The maximum Gasteiger partial charge on any atom is 0.407 e. The zero-order valence-corrected chi connectivity index (χ0v) is 60.4. The van der Waals surface area contributed by atoms with Gasteiger partial charge in [0.25, 0.3) is 0 Å². The van der Waals surface area contributed by atoms with E-state index >= 15 is 0 Å². The lowest BCUT2D eigenvalue weighted by atomic mass is 9.96. The van der Waals surface area contributed by atoms with Crippen molar-refractivity contribution in [3.8, 4) is 0 Å². The Morgan fingerprint density at radius 1 is 0.554 bits per heavy atom. The van der Waals surface area contributed by atoms with Crippen molar-refractivity contribution in [1.82, 2.24) is 69.1 Å². The molecule has 0 aromatic heterocycles. The van der Waals surface area contributed by atoms with Crippen LogP contribution in [0.4, 0.5) is 16.2 Å². The number of alkyl carbamates (subject to hydrolysis) is 1. The molecule has 608 valence electrons. The summed E-state index contributed by atoms with van der Waals surface area (Å²) in [5, 5.41) is 77.3. The Labute approximate surface area is 636 Å². The summed E-state index contributed by atoms with van der Waals surface area (Å²) in [4.78, 5) is 271. The number of carbonyl (C=O) groups excluding carboxylic acids is 16. The zero-order chi connectivity index (χ0) is 83.6. The zero-order valence-electron chi connectivity index (χ0n) is 60.4. The summed E-state index contributed by atoms with van der Waals surface area (Å²) in [6, 6.07) is -3.36. The number of carboxylic acid groups (broad SMARTS) is 4. The Kier molecular flexibility index (Phi) is 36.4. The molecule has 0 unspecified atom stereocenters. The molecule has 0 aliphatic carbocycles. The van der Waals surface area contributed by atoms with Crippen LogP contribution in [0.15, 0.2) is 78.9 Å². The van der Waals surface area contributed by atoms with Crippen LogP contribution in [0.25, 0.3) is 0 Å². The van der Waals surface area contributed by atoms with Gasteiger partial charge in [0.1, 0.15) is 73.1 Å². The molecule has 112 heavy (non-hydrogen) atoms. The molecule has 1 heterocycles. The Morgan fingerprint density at radius 3 is 1.68 bits per heavy atom. The van der Waals surface area contributed by atoms with E-state index < -0.39 is 262 Å². The average molecular weight is 1580 g/mol. The summed E-state index contributed by atoms with van der Waals surface area (Å²) in [6.07, 6.45) is -11.2. The van der Waals surface area contributed by atoms with Crippen LogP contribution < -0.4 is 92.1 Å². The Morgan fingerprint density at radius 2 is 1.09 bits per heavy atom. The van der Waals surface area contributed by atoms with Crippen LogP contribution in [0.2, 0.25) is 0 Å². The van der Waals surface area contributed by atoms with Gasteiger partial charge in [-0.05, 0) is 74.4 Å². The number of cyclic esters (lactones) is 1. The molecular formula is C68H89N17O27. The lowest BCUT2D eigenvalue weighted by Gasteiger charge is -2.30. The molecule has 0 spiro atoms. The Bertz CT molecular complexity index is 3980. The number of aliphatic carboxylic acids is 4. The summed E-state index contributed by atoms with van der Waals surface area (Å²) in [7, 11) is 0. The number of ether oxygens (including phenoxy) is 2. The molecular weight excluding hydrogens is 1490 g/mol. The fraction of sp³-hybridized carbons (Fsp3) is 0.441. The molecule has 0 saturated carbocycles. The number of aliphatic hydroxyl groups is 1. The average Bonchev–Trinajstić information content (AvgIpc) is 0.931. The first-order chi connectivity index (χ1) is 52.7. The Hall–Kier alpha value is -13.4. The first-order valence-corrected chi connectivity index (χ1v) is 34.2. The van der Waals surface area contributed by atoms with E-state index in [1.165, 1.54) is 48.5 Å². The number of esters is 1. The third-order valence-electron chi connectivity index (χ3n) is 16.3. The molecule has 44 heteroatoms.